The third kappa shape index (κ3) is 5.59. The van der Waals surface area contributed by atoms with Crippen LogP contribution in [0.25, 0.3) is 0 Å². The van der Waals surface area contributed by atoms with Gasteiger partial charge in [0.25, 0.3) is 0 Å². The van der Waals surface area contributed by atoms with Crippen molar-refractivity contribution >= 4 is 23.7 Å². The van der Waals surface area contributed by atoms with Crippen LogP contribution in [0.4, 0.5) is 9.59 Å². The van der Waals surface area contributed by atoms with Crippen LogP contribution in [0.1, 0.15) is 25.3 Å². The number of nitrogens with zero attached hydrogens (tertiary/aromatic N) is 2. The summed E-state index contributed by atoms with van der Waals surface area (Å²) in [5, 5.41) is 6.12. The largest absolute Gasteiger partial charge is 0.450 e. The third-order valence-corrected chi connectivity index (χ3v) is 3.82. The first kappa shape index (κ1) is 17.3. The summed E-state index contributed by atoms with van der Waals surface area (Å²) >= 11 is 5.71. The Labute approximate surface area is 140 Å². The van der Waals surface area contributed by atoms with E-state index in [2.05, 4.69) is 15.6 Å². The van der Waals surface area contributed by atoms with E-state index >= 15 is 0 Å². The number of hydrogen-bond donors (Lipinski definition) is 2. The number of hydrogen-bond acceptors (Lipinski definition) is 4. The molecule has 0 aromatic carbocycles. The molecule has 23 heavy (non-hydrogen) atoms. The van der Waals surface area contributed by atoms with Crippen molar-refractivity contribution in [2.45, 2.75) is 32.4 Å². The Balaban J connectivity index is 1.68. The summed E-state index contributed by atoms with van der Waals surface area (Å²) in [6, 6.07) is 3.33. The molecule has 2 rings (SSSR count). The lowest BCUT2D eigenvalue weighted by molar-refractivity contribution is 0.0957. The summed E-state index contributed by atoms with van der Waals surface area (Å²) in [4.78, 5) is 29.1. The monoisotopic (exact) mass is 340 g/mol. The molecule has 0 saturated carbocycles. The molecular weight excluding hydrogens is 320 g/mol. The minimum atomic E-state index is -0.286. The van der Waals surface area contributed by atoms with Crippen LogP contribution in [0.3, 0.4) is 0 Å². The molecule has 0 radical (unpaired) electrons. The number of rotatable bonds is 4. The number of piperidine rings is 1. The van der Waals surface area contributed by atoms with Crippen LogP contribution in [0, 0.1) is 0 Å². The number of urea groups is 1. The Morgan fingerprint density at radius 2 is 2.13 bits per heavy atom. The maximum absolute atomic E-state index is 11.9. The van der Waals surface area contributed by atoms with Crippen molar-refractivity contribution in [2.75, 3.05) is 19.7 Å². The van der Waals surface area contributed by atoms with Crippen LogP contribution in [0.15, 0.2) is 18.3 Å². The van der Waals surface area contributed by atoms with E-state index in [-0.39, 0.29) is 18.2 Å². The highest BCUT2D eigenvalue weighted by Crippen LogP contribution is 2.11. The minimum absolute atomic E-state index is 0.0593. The zero-order chi connectivity index (χ0) is 16.7. The first-order valence-corrected chi connectivity index (χ1v) is 8.02. The van der Waals surface area contributed by atoms with Crippen molar-refractivity contribution in [3.05, 3.63) is 29.0 Å². The van der Waals surface area contributed by atoms with Gasteiger partial charge in [-0.25, -0.2) is 14.6 Å². The fourth-order valence-electron chi connectivity index (χ4n) is 2.35. The van der Waals surface area contributed by atoms with Gasteiger partial charge in [0.05, 0.1) is 6.61 Å². The van der Waals surface area contributed by atoms with Crippen molar-refractivity contribution in [3.63, 3.8) is 0 Å². The molecule has 0 atom stereocenters. The van der Waals surface area contributed by atoms with Gasteiger partial charge < -0.3 is 20.3 Å². The van der Waals surface area contributed by atoms with E-state index in [0.29, 0.717) is 44.2 Å². The molecule has 1 saturated heterocycles. The molecule has 7 nitrogen and oxygen atoms in total. The maximum Gasteiger partial charge on any atom is 0.409 e. The van der Waals surface area contributed by atoms with Crippen LogP contribution in [-0.2, 0) is 11.3 Å². The summed E-state index contributed by atoms with van der Waals surface area (Å²) in [7, 11) is 0. The minimum Gasteiger partial charge on any atom is -0.450 e. The van der Waals surface area contributed by atoms with E-state index in [0.717, 1.165) is 5.56 Å². The van der Waals surface area contributed by atoms with Crippen LogP contribution >= 0.6 is 11.6 Å². The van der Waals surface area contributed by atoms with Gasteiger partial charge in [0.1, 0.15) is 5.15 Å². The van der Waals surface area contributed by atoms with E-state index in [1.165, 1.54) is 0 Å². The quantitative estimate of drug-likeness (QED) is 0.823. The Kier molecular flexibility index (Phi) is 6.46. The number of amides is 3. The topological polar surface area (TPSA) is 83.6 Å². The summed E-state index contributed by atoms with van der Waals surface area (Å²) in [6.45, 7) is 3.72. The summed E-state index contributed by atoms with van der Waals surface area (Å²) < 4.78 is 4.97. The molecule has 0 aliphatic carbocycles. The zero-order valence-corrected chi connectivity index (χ0v) is 13.8. The second-order valence-corrected chi connectivity index (χ2v) is 5.66. The predicted molar refractivity (Wildman–Crippen MR) is 86.2 cm³/mol. The number of halogens is 1. The van der Waals surface area contributed by atoms with Crippen LogP contribution in [0.5, 0.6) is 0 Å². The van der Waals surface area contributed by atoms with Crippen LogP contribution in [-0.4, -0.2) is 47.7 Å². The van der Waals surface area contributed by atoms with Gasteiger partial charge in [-0.1, -0.05) is 17.7 Å². The fourth-order valence-corrected chi connectivity index (χ4v) is 2.46. The summed E-state index contributed by atoms with van der Waals surface area (Å²) in [5.41, 5.74) is 0.877. The van der Waals surface area contributed by atoms with Gasteiger partial charge in [-0.15, -0.1) is 0 Å². The molecule has 1 aliphatic heterocycles. The first-order valence-electron chi connectivity index (χ1n) is 7.65. The highest BCUT2D eigenvalue weighted by Gasteiger charge is 2.24. The van der Waals surface area contributed by atoms with Crippen molar-refractivity contribution in [3.8, 4) is 0 Å². The second kappa shape index (κ2) is 8.57. The van der Waals surface area contributed by atoms with Gasteiger partial charge in [-0.3, -0.25) is 0 Å². The summed E-state index contributed by atoms with van der Waals surface area (Å²) in [6.07, 6.45) is 2.77. The number of aromatic nitrogens is 1. The third-order valence-electron chi connectivity index (χ3n) is 3.60. The van der Waals surface area contributed by atoms with E-state index in [1.54, 1.807) is 24.1 Å². The van der Waals surface area contributed by atoms with Crippen molar-refractivity contribution in [1.82, 2.24) is 20.5 Å². The second-order valence-electron chi connectivity index (χ2n) is 5.28. The standard InChI is InChI=1S/C15H21ClN4O3/c1-2-23-15(22)20-7-5-12(6-8-20)19-14(21)18-10-11-3-4-13(16)17-9-11/h3-4,9,12H,2,5-8,10H2,1H3,(H2,18,19,21). The Morgan fingerprint density at radius 3 is 2.74 bits per heavy atom. The number of ether oxygens (including phenoxy) is 1. The smallest absolute Gasteiger partial charge is 0.409 e. The van der Waals surface area contributed by atoms with E-state index in [4.69, 9.17) is 16.3 Å². The van der Waals surface area contributed by atoms with Crippen LogP contribution < -0.4 is 10.6 Å². The normalized spacial score (nSPS) is 15.1. The van der Waals surface area contributed by atoms with Gasteiger partial charge in [-0.2, -0.15) is 0 Å². The van der Waals surface area contributed by atoms with Crippen LogP contribution in [0.2, 0.25) is 5.15 Å². The lowest BCUT2D eigenvalue weighted by Gasteiger charge is -2.31. The average molecular weight is 341 g/mol. The molecule has 0 spiro atoms. The number of carbonyl (C=O) groups is 2. The van der Waals surface area contributed by atoms with E-state index < -0.39 is 0 Å². The molecule has 1 fully saturated rings. The molecule has 0 bridgehead atoms. The van der Waals surface area contributed by atoms with Crippen molar-refractivity contribution in [2.24, 2.45) is 0 Å². The van der Waals surface area contributed by atoms with Gasteiger partial charge in [0.2, 0.25) is 0 Å². The molecule has 2 heterocycles. The van der Waals surface area contributed by atoms with Gasteiger partial charge in [0, 0.05) is 31.9 Å². The number of likely N-dealkylation sites (tertiary alicyclic amines) is 1. The molecule has 126 valence electrons. The fraction of sp³-hybridized carbons (Fsp3) is 0.533. The van der Waals surface area contributed by atoms with Gasteiger partial charge >= 0.3 is 12.1 Å². The Hall–Kier alpha value is -2.02. The Bertz CT molecular complexity index is 530. The van der Waals surface area contributed by atoms with Gasteiger partial charge in [0.15, 0.2) is 0 Å². The first-order chi connectivity index (χ1) is 11.1. The molecule has 1 aliphatic rings. The van der Waals surface area contributed by atoms with E-state index in [1.807, 2.05) is 6.07 Å². The lowest BCUT2D eigenvalue weighted by Crippen LogP contribution is -2.49. The average Bonchev–Trinajstić information content (AvgIpc) is 2.55. The molecule has 1 aromatic heterocycles. The molecule has 3 amide bonds. The highest BCUT2D eigenvalue weighted by atomic mass is 35.5. The lowest BCUT2D eigenvalue weighted by atomic mass is 10.1. The predicted octanol–water partition coefficient (Wildman–Crippen LogP) is 2.16. The van der Waals surface area contributed by atoms with Crippen molar-refractivity contribution in [1.29, 1.82) is 0 Å². The number of carbonyl (C=O) groups excluding carboxylic acids is 2. The molecule has 1 aromatic rings. The maximum atomic E-state index is 11.9. The number of nitrogens with one attached hydrogen (secondary N) is 2. The SMILES string of the molecule is CCOC(=O)N1CCC(NC(=O)NCc2ccc(Cl)nc2)CC1. The summed E-state index contributed by atoms with van der Waals surface area (Å²) in [5.74, 6) is 0. The molecule has 0 unspecified atom stereocenters. The molecule has 8 heteroatoms. The highest BCUT2D eigenvalue weighted by molar-refractivity contribution is 6.29. The van der Waals surface area contributed by atoms with Crippen molar-refractivity contribution < 1.29 is 14.3 Å². The molecule has 2 N–H and O–H groups in total. The zero-order valence-electron chi connectivity index (χ0n) is 13.0. The molecular formula is C15H21ClN4O3. The van der Waals surface area contributed by atoms with E-state index in [9.17, 15) is 9.59 Å². The number of pyridine rings is 1. The van der Waals surface area contributed by atoms with Gasteiger partial charge in [-0.05, 0) is 31.4 Å². The Morgan fingerprint density at radius 1 is 1.39 bits per heavy atom.